The summed E-state index contributed by atoms with van der Waals surface area (Å²) < 4.78 is 20.9. The lowest BCUT2D eigenvalue weighted by atomic mass is 10.2. The molecule has 0 saturated heterocycles. The molecule has 10 heteroatoms. The van der Waals surface area contributed by atoms with Crippen LogP contribution in [0.5, 0.6) is 0 Å². The second-order valence-electron chi connectivity index (χ2n) is 4.03. The molecular weight excluding hydrogens is 314 g/mol. The molecule has 112 valence electrons. The molecule has 8 nitrogen and oxygen atoms in total. The predicted molar refractivity (Wildman–Crippen MR) is 79.6 cm³/mol. The molecule has 2 N–H and O–H groups in total. The van der Waals surface area contributed by atoms with Crippen molar-refractivity contribution in [2.24, 2.45) is 0 Å². The molecule has 0 aliphatic rings. The Kier molecular flexibility index (Phi) is 4.94. The first-order valence-electron chi connectivity index (χ1n) is 5.83. The highest BCUT2D eigenvalue weighted by Gasteiger charge is 2.11. The Morgan fingerprint density at radius 2 is 2.10 bits per heavy atom. The van der Waals surface area contributed by atoms with Crippen LogP contribution in [0, 0.1) is 6.92 Å². The Balaban J connectivity index is 2.16. The molecule has 0 fully saturated rings. The Hall–Kier alpha value is -1.91. The predicted octanol–water partition coefficient (Wildman–Crippen LogP) is 1.12. The van der Waals surface area contributed by atoms with E-state index in [9.17, 15) is 13.6 Å². The molecule has 1 amide bonds. The minimum Gasteiger partial charge on any atom is -0.771 e. The maximum absolute atomic E-state index is 11.0. The third kappa shape index (κ3) is 4.28. The summed E-state index contributed by atoms with van der Waals surface area (Å²) in [5, 5.41) is 5.70. The third-order valence-electron chi connectivity index (χ3n) is 2.34. The summed E-state index contributed by atoms with van der Waals surface area (Å²) in [7, 11) is 0. The molecule has 0 saturated carbocycles. The monoisotopic (exact) mass is 326 g/mol. The lowest BCUT2D eigenvalue weighted by Gasteiger charge is -2.06. The topological polar surface area (TPSA) is 120 Å². The van der Waals surface area contributed by atoms with E-state index in [4.69, 9.17) is 0 Å². The van der Waals surface area contributed by atoms with Gasteiger partial charge in [-0.2, -0.15) is 0 Å². The highest BCUT2D eigenvalue weighted by Crippen LogP contribution is 2.32. The molecule has 21 heavy (non-hydrogen) atoms. The van der Waals surface area contributed by atoms with Crippen LogP contribution in [-0.4, -0.2) is 35.5 Å². The zero-order chi connectivity index (χ0) is 15.4. The largest absolute Gasteiger partial charge is 0.771 e. The van der Waals surface area contributed by atoms with Gasteiger partial charge in [0.1, 0.15) is 0 Å². The fraction of sp³-hybridized carbons (Fsp3) is 0.273. The summed E-state index contributed by atoms with van der Waals surface area (Å²) in [6, 6.07) is 0. The van der Waals surface area contributed by atoms with Gasteiger partial charge >= 0.3 is 0 Å². The van der Waals surface area contributed by atoms with Gasteiger partial charge in [-0.1, -0.05) is 11.3 Å². The summed E-state index contributed by atoms with van der Waals surface area (Å²) in [5.41, 5.74) is 1.50. The van der Waals surface area contributed by atoms with Gasteiger partial charge in [0.15, 0.2) is 5.13 Å². The molecule has 1 unspecified atom stereocenters. The first-order chi connectivity index (χ1) is 9.95. The van der Waals surface area contributed by atoms with Crippen LogP contribution in [0.3, 0.4) is 0 Å². The Bertz CT molecular complexity index is 671. The van der Waals surface area contributed by atoms with Crippen molar-refractivity contribution in [3.05, 3.63) is 18.1 Å². The molecule has 2 aromatic heterocycles. The van der Waals surface area contributed by atoms with E-state index in [1.165, 1.54) is 18.3 Å². The van der Waals surface area contributed by atoms with Crippen LogP contribution in [0.25, 0.3) is 10.4 Å². The number of nitrogens with one attached hydrogen (secondary N) is 2. The van der Waals surface area contributed by atoms with Gasteiger partial charge in [-0.3, -0.25) is 9.00 Å². The zero-order valence-corrected chi connectivity index (χ0v) is 12.9. The van der Waals surface area contributed by atoms with Crippen LogP contribution >= 0.6 is 11.3 Å². The van der Waals surface area contributed by atoms with E-state index >= 15 is 0 Å². The number of rotatable bonds is 5. The first-order valence-corrected chi connectivity index (χ1v) is 7.89. The van der Waals surface area contributed by atoms with Crippen LogP contribution in [0.15, 0.2) is 12.4 Å². The molecule has 2 rings (SSSR count). The van der Waals surface area contributed by atoms with Gasteiger partial charge in [-0.05, 0) is 18.0 Å². The number of carbonyl (C=O) groups is 1. The van der Waals surface area contributed by atoms with Gasteiger partial charge in [0.05, 0.1) is 16.4 Å². The summed E-state index contributed by atoms with van der Waals surface area (Å²) in [6.07, 6.45) is 3.14. The molecule has 0 aromatic carbocycles. The van der Waals surface area contributed by atoms with E-state index in [1.807, 2.05) is 6.92 Å². The minimum absolute atomic E-state index is 0.184. The number of hydrogen-bond acceptors (Lipinski definition) is 8. The Morgan fingerprint density at radius 1 is 1.43 bits per heavy atom. The molecule has 2 aromatic rings. The standard InChI is InChI=1S/C11H13N5O3S2/c1-6-9(20-11(15-6)16-7(2)17)8-3-12-10(13-4-8)14-5-21(18)19/h3-4H,5H2,1-2H3,(H,18,19)(H,12,13,14)(H,15,16,17)/p-1. The van der Waals surface area contributed by atoms with Crippen molar-refractivity contribution in [3.8, 4) is 10.4 Å². The van der Waals surface area contributed by atoms with Crippen molar-refractivity contribution >= 4 is 39.4 Å². The number of anilines is 2. The normalized spacial score (nSPS) is 12.0. The molecule has 0 bridgehead atoms. The van der Waals surface area contributed by atoms with Crippen molar-refractivity contribution in [1.29, 1.82) is 0 Å². The smallest absolute Gasteiger partial charge is 0.223 e. The highest BCUT2D eigenvalue weighted by atomic mass is 32.2. The van der Waals surface area contributed by atoms with Crippen LogP contribution < -0.4 is 10.6 Å². The van der Waals surface area contributed by atoms with Gasteiger partial charge < -0.3 is 15.2 Å². The Morgan fingerprint density at radius 3 is 2.67 bits per heavy atom. The fourth-order valence-corrected chi connectivity index (χ4v) is 2.76. The lowest BCUT2D eigenvalue weighted by Crippen LogP contribution is -2.09. The van der Waals surface area contributed by atoms with Crippen LogP contribution in [0.4, 0.5) is 11.1 Å². The minimum atomic E-state index is -2.20. The van der Waals surface area contributed by atoms with E-state index < -0.39 is 11.1 Å². The molecule has 2 heterocycles. The van der Waals surface area contributed by atoms with E-state index in [1.54, 1.807) is 12.4 Å². The maximum Gasteiger partial charge on any atom is 0.223 e. The van der Waals surface area contributed by atoms with Gasteiger partial charge in [-0.15, -0.1) is 0 Å². The molecule has 0 aliphatic carbocycles. The number of amides is 1. The lowest BCUT2D eigenvalue weighted by molar-refractivity contribution is -0.114. The van der Waals surface area contributed by atoms with E-state index in [-0.39, 0.29) is 17.7 Å². The molecule has 0 radical (unpaired) electrons. The van der Waals surface area contributed by atoms with Gasteiger partial charge in [0, 0.05) is 24.9 Å². The number of carbonyl (C=O) groups excluding carboxylic acids is 1. The molecule has 0 aliphatic heterocycles. The molecular formula is C11H12N5O3S2-. The third-order valence-corrected chi connectivity index (χ3v) is 3.84. The first kappa shape index (κ1) is 15.5. The summed E-state index contributed by atoms with van der Waals surface area (Å²) in [6.45, 7) is 3.24. The van der Waals surface area contributed by atoms with E-state index in [2.05, 4.69) is 25.6 Å². The fourth-order valence-electron chi connectivity index (χ4n) is 1.53. The average molecular weight is 326 g/mol. The number of aryl methyl sites for hydroxylation is 1. The van der Waals surface area contributed by atoms with Gasteiger partial charge in [0.2, 0.25) is 11.9 Å². The Labute approximate surface area is 127 Å². The number of nitrogens with zero attached hydrogens (tertiary/aromatic N) is 3. The SMILES string of the molecule is CC(=O)Nc1nc(C)c(-c2cnc(NCS(=O)[O-])nc2)s1. The average Bonchev–Trinajstić information content (AvgIpc) is 2.77. The van der Waals surface area contributed by atoms with Crippen molar-refractivity contribution < 1.29 is 13.6 Å². The van der Waals surface area contributed by atoms with Crippen molar-refractivity contribution in [1.82, 2.24) is 15.0 Å². The highest BCUT2D eigenvalue weighted by molar-refractivity contribution is 7.79. The van der Waals surface area contributed by atoms with Gasteiger partial charge in [0.25, 0.3) is 0 Å². The number of hydrogen-bond donors (Lipinski definition) is 2. The van der Waals surface area contributed by atoms with Gasteiger partial charge in [-0.25, -0.2) is 15.0 Å². The number of thiazole rings is 1. The molecule has 1 atom stereocenters. The summed E-state index contributed by atoms with van der Waals surface area (Å²) in [4.78, 5) is 24.2. The van der Waals surface area contributed by atoms with E-state index in [0.717, 1.165) is 16.1 Å². The zero-order valence-electron chi connectivity index (χ0n) is 11.2. The quantitative estimate of drug-likeness (QED) is 0.790. The van der Waals surface area contributed by atoms with Crippen LogP contribution in [0.1, 0.15) is 12.6 Å². The summed E-state index contributed by atoms with van der Waals surface area (Å²) >= 11 is -0.880. The van der Waals surface area contributed by atoms with Crippen molar-refractivity contribution in [2.45, 2.75) is 13.8 Å². The maximum atomic E-state index is 11.0. The van der Waals surface area contributed by atoms with Crippen LogP contribution in [0.2, 0.25) is 0 Å². The second-order valence-corrected chi connectivity index (χ2v) is 5.93. The van der Waals surface area contributed by atoms with E-state index in [0.29, 0.717) is 5.13 Å². The number of aromatic nitrogens is 3. The summed E-state index contributed by atoms with van der Waals surface area (Å²) in [5.74, 6) is -0.199. The van der Waals surface area contributed by atoms with Crippen molar-refractivity contribution in [2.75, 3.05) is 16.5 Å². The molecule has 0 spiro atoms. The van der Waals surface area contributed by atoms with Crippen molar-refractivity contribution in [3.63, 3.8) is 0 Å². The second kappa shape index (κ2) is 6.70. The van der Waals surface area contributed by atoms with Crippen LogP contribution in [-0.2, 0) is 15.9 Å².